The van der Waals surface area contributed by atoms with Gasteiger partial charge in [0.05, 0.1) is 17.5 Å². The van der Waals surface area contributed by atoms with E-state index < -0.39 is 0 Å². The molecule has 0 aliphatic heterocycles. The van der Waals surface area contributed by atoms with E-state index in [-0.39, 0.29) is 6.10 Å². The smallest absolute Gasteiger partial charge is 0.257 e. The highest BCUT2D eigenvalue weighted by Crippen LogP contribution is 2.35. The summed E-state index contributed by atoms with van der Waals surface area (Å²) in [4.78, 5) is 4.81. The molecule has 2 aromatic rings. The SMILES string of the molecule is CN(Cc1nnc(-c2cc3c(s2)CCCC3)o1)CC1CC(O)C1. The molecule has 124 valence electrons. The molecule has 0 unspecified atom stereocenters. The molecule has 0 saturated heterocycles. The molecule has 1 N–H and O–H groups in total. The molecule has 5 nitrogen and oxygen atoms in total. The fraction of sp³-hybridized carbons (Fsp3) is 0.647. The zero-order valence-corrected chi connectivity index (χ0v) is 14.3. The maximum Gasteiger partial charge on any atom is 0.257 e. The van der Waals surface area contributed by atoms with Crippen molar-refractivity contribution in [3.8, 4) is 10.8 Å². The molecule has 0 bridgehead atoms. The summed E-state index contributed by atoms with van der Waals surface area (Å²) in [6.07, 6.45) is 6.70. The van der Waals surface area contributed by atoms with Crippen LogP contribution < -0.4 is 0 Å². The third-order valence-electron chi connectivity index (χ3n) is 4.86. The van der Waals surface area contributed by atoms with E-state index in [4.69, 9.17) is 4.42 Å². The van der Waals surface area contributed by atoms with Crippen molar-refractivity contribution in [2.45, 2.75) is 51.2 Å². The van der Waals surface area contributed by atoms with Crippen LogP contribution in [0.2, 0.25) is 0 Å². The van der Waals surface area contributed by atoms with Crippen LogP contribution in [0.25, 0.3) is 10.8 Å². The van der Waals surface area contributed by atoms with Crippen molar-refractivity contribution in [3.05, 3.63) is 22.4 Å². The van der Waals surface area contributed by atoms with Crippen LogP contribution in [0.4, 0.5) is 0 Å². The molecule has 0 aromatic carbocycles. The van der Waals surface area contributed by atoms with Crippen molar-refractivity contribution in [2.24, 2.45) is 5.92 Å². The first-order valence-corrected chi connectivity index (χ1v) is 9.30. The van der Waals surface area contributed by atoms with Crippen molar-refractivity contribution >= 4 is 11.3 Å². The third kappa shape index (κ3) is 3.34. The number of aromatic nitrogens is 2. The first-order chi connectivity index (χ1) is 11.2. The van der Waals surface area contributed by atoms with Crippen molar-refractivity contribution in [3.63, 3.8) is 0 Å². The highest BCUT2D eigenvalue weighted by Gasteiger charge is 2.28. The van der Waals surface area contributed by atoms with Crippen LogP contribution in [0.3, 0.4) is 0 Å². The lowest BCUT2D eigenvalue weighted by Gasteiger charge is -2.34. The number of aliphatic hydroxyl groups is 1. The number of fused-ring (bicyclic) bond motifs is 1. The van der Waals surface area contributed by atoms with Crippen LogP contribution in [0.1, 0.15) is 42.0 Å². The van der Waals surface area contributed by atoms with Crippen molar-refractivity contribution in [1.29, 1.82) is 0 Å². The van der Waals surface area contributed by atoms with Crippen LogP contribution in [0, 0.1) is 5.92 Å². The van der Waals surface area contributed by atoms with E-state index in [1.165, 1.54) is 36.1 Å². The topological polar surface area (TPSA) is 62.4 Å². The Hall–Kier alpha value is -1.24. The molecule has 0 amide bonds. The summed E-state index contributed by atoms with van der Waals surface area (Å²) in [5, 5.41) is 17.8. The fourth-order valence-corrected chi connectivity index (χ4v) is 4.77. The average molecular weight is 333 g/mol. The Morgan fingerprint density at radius 2 is 2.13 bits per heavy atom. The molecule has 1 fully saturated rings. The van der Waals surface area contributed by atoms with Crippen LogP contribution in [-0.4, -0.2) is 39.9 Å². The molecule has 1 saturated carbocycles. The van der Waals surface area contributed by atoms with Gasteiger partial charge >= 0.3 is 0 Å². The average Bonchev–Trinajstić information content (AvgIpc) is 3.11. The largest absolute Gasteiger partial charge is 0.419 e. The highest BCUT2D eigenvalue weighted by atomic mass is 32.1. The third-order valence-corrected chi connectivity index (χ3v) is 6.09. The normalized spacial score (nSPS) is 23.8. The van der Waals surface area contributed by atoms with Gasteiger partial charge in [-0.05, 0) is 63.1 Å². The van der Waals surface area contributed by atoms with Gasteiger partial charge in [-0.25, -0.2) is 0 Å². The lowest BCUT2D eigenvalue weighted by molar-refractivity contribution is 0.0264. The summed E-state index contributed by atoms with van der Waals surface area (Å²) in [6.45, 7) is 1.65. The van der Waals surface area contributed by atoms with Gasteiger partial charge in [-0.2, -0.15) is 0 Å². The Bertz CT molecular complexity index is 652. The fourth-order valence-electron chi connectivity index (χ4n) is 3.60. The molecule has 4 rings (SSSR count). The van der Waals surface area contributed by atoms with Gasteiger partial charge in [0.15, 0.2) is 0 Å². The summed E-state index contributed by atoms with van der Waals surface area (Å²) in [5.74, 6) is 1.93. The minimum atomic E-state index is -0.0896. The van der Waals surface area contributed by atoms with E-state index in [0.717, 1.165) is 24.3 Å². The van der Waals surface area contributed by atoms with Gasteiger partial charge in [0.1, 0.15) is 0 Å². The molecule has 23 heavy (non-hydrogen) atoms. The van der Waals surface area contributed by atoms with Crippen LogP contribution in [0.15, 0.2) is 10.5 Å². The summed E-state index contributed by atoms with van der Waals surface area (Å²) < 4.78 is 5.87. The standard InChI is InChI=1S/C17H23N3O2S/c1-20(9-11-6-13(21)7-11)10-16-18-19-17(22-16)15-8-12-4-2-3-5-14(12)23-15/h8,11,13,21H,2-7,9-10H2,1H3. The van der Waals surface area contributed by atoms with Gasteiger partial charge in [0, 0.05) is 11.4 Å². The Morgan fingerprint density at radius 3 is 2.91 bits per heavy atom. The number of thiophene rings is 1. The minimum absolute atomic E-state index is 0.0896. The van der Waals surface area contributed by atoms with Gasteiger partial charge in [-0.15, -0.1) is 21.5 Å². The van der Waals surface area contributed by atoms with Gasteiger partial charge in [0.2, 0.25) is 5.89 Å². The Balaban J connectivity index is 1.39. The first kappa shape index (κ1) is 15.3. The van der Waals surface area contributed by atoms with E-state index in [1.807, 2.05) is 0 Å². The van der Waals surface area contributed by atoms with E-state index in [1.54, 1.807) is 11.3 Å². The lowest BCUT2D eigenvalue weighted by atomic mass is 9.82. The Labute approximate surface area is 140 Å². The summed E-state index contributed by atoms with van der Waals surface area (Å²) in [5.41, 5.74) is 1.47. The van der Waals surface area contributed by atoms with Crippen LogP contribution in [0.5, 0.6) is 0 Å². The Morgan fingerprint density at radius 1 is 1.30 bits per heavy atom. The molecule has 2 aliphatic rings. The molecule has 2 heterocycles. The number of hydrogen-bond acceptors (Lipinski definition) is 6. The predicted octanol–water partition coefficient (Wildman–Crippen LogP) is 2.88. The lowest BCUT2D eigenvalue weighted by Crippen LogP contribution is -2.36. The first-order valence-electron chi connectivity index (χ1n) is 8.48. The molecule has 0 spiro atoms. The summed E-state index contributed by atoms with van der Waals surface area (Å²) in [6, 6.07) is 2.23. The van der Waals surface area contributed by atoms with E-state index in [0.29, 0.717) is 24.2 Å². The maximum atomic E-state index is 9.36. The molecule has 0 radical (unpaired) electrons. The second-order valence-electron chi connectivity index (χ2n) is 6.96. The van der Waals surface area contributed by atoms with Gasteiger partial charge in [-0.1, -0.05) is 0 Å². The van der Waals surface area contributed by atoms with Crippen LogP contribution >= 0.6 is 11.3 Å². The maximum absolute atomic E-state index is 9.36. The number of hydrogen-bond donors (Lipinski definition) is 1. The monoisotopic (exact) mass is 333 g/mol. The second-order valence-corrected chi connectivity index (χ2v) is 8.09. The quantitative estimate of drug-likeness (QED) is 0.911. The highest BCUT2D eigenvalue weighted by molar-refractivity contribution is 7.15. The zero-order valence-electron chi connectivity index (χ0n) is 13.5. The Kier molecular flexibility index (Phi) is 4.22. The van der Waals surface area contributed by atoms with E-state index in [2.05, 4.69) is 28.2 Å². The zero-order chi connectivity index (χ0) is 15.8. The van der Waals surface area contributed by atoms with E-state index >= 15 is 0 Å². The number of rotatable bonds is 5. The number of aliphatic hydroxyl groups excluding tert-OH is 1. The summed E-state index contributed by atoms with van der Waals surface area (Å²) >= 11 is 1.81. The second kappa shape index (κ2) is 6.34. The van der Waals surface area contributed by atoms with Crippen LogP contribution in [-0.2, 0) is 19.4 Å². The molecule has 6 heteroatoms. The molecule has 2 aliphatic carbocycles. The number of aryl methyl sites for hydroxylation is 2. The van der Waals surface area contributed by atoms with E-state index in [9.17, 15) is 5.11 Å². The predicted molar refractivity (Wildman–Crippen MR) is 89.3 cm³/mol. The van der Waals surface area contributed by atoms with Gasteiger partial charge in [0.25, 0.3) is 5.89 Å². The van der Waals surface area contributed by atoms with Crippen molar-refractivity contribution in [2.75, 3.05) is 13.6 Å². The van der Waals surface area contributed by atoms with Gasteiger partial charge in [-0.3, -0.25) is 4.90 Å². The molecular weight excluding hydrogens is 310 g/mol. The molecule has 2 aromatic heterocycles. The summed E-state index contributed by atoms with van der Waals surface area (Å²) in [7, 11) is 2.07. The van der Waals surface area contributed by atoms with Gasteiger partial charge < -0.3 is 9.52 Å². The van der Waals surface area contributed by atoms with Crippen molar-refractivity contribution in [1.82, 2.24) is 15.1 Å². The minimum Gasteiger partial charge on any atom is -0.419 e. The molecular formula is C17H23N3O2S. The van der Waals surface area contributed by atoms with Crippen molar-refractivity contribution < 1.29 is 9.52 Å². The molecule has 0 atom stereocenters. The number of nitrogens with zero attached hydrogens (tertiary/aromatic N) is 3.